The Kier molecular flexibility index (Phi) is 3.63. The van der Waals surface area contributed by atoms with Crippen molar-refractivity contribution in [2.24, 2.45) is 12.2 Å². The van der Waals surface area contributed by atoms with Gasteiger partial charge in [-0.3, -0.25) is 9.48 Å². The third-order valence-electron chi connectivity index (χ3n) is 3.74. The van der Waals surface area contributed by atoms with Crippen LogP contribution in [0.5, 0.6) is 0 Å². The maximum absolute atomic E-state index is 13.3. The van der Waals surface area contributed by atoms with Gasteiger partial charge < -0.3 is 10.2 Å². The lowest BCUT2D eigenvalue weighted by Crippen LogP contribution is -2.40. The van der Waals surface area contributed by atoms with Crippen molar-refractivity contribution in [3.63, 3.8) is 0 Å². The molecule has 2 aromatic rings. The first-order valence-corrected chi connectivity index (χ1v) is 7.20. The van der Waals surface area contributed by atoms with Crippen LogP contribution < -0.4 is 5.32 Å². The van der Waals surface area contributed by atoms with Gasteiger partial charge in [0.25, 0.3) is 5.91 Å². The van der Waals surface area contributed by atoms with Gasteiger partial charge in [0, 0.05) is 25.1 Å². The number of amides is 1. The lowest BCUT2D eigenvalue weighted by atomic mass is 9.95. The molecule has 1 atom stereocenters. The van der Waals surface area contributed by atoms with Crippen molar-refractivity contribution in [1.29, 1.82) is 0 Å². The number of hydrogen-bond donors (Lipinski definition) is 1. The van der Waals surface area contributed by atoms with Gasteiger partial charge in [-0.25, -0.2) is 4.39 Å². The van der Waals surface area contributed by atoms with E-state index in [9.17, 15) is 9.18 Å². The van der Waals surface area contributed by atoms with Gasteiger partial charge in [-0.1, -0.05) is 17.3 Å². The molecule has 3 rings (SSSR count). The molecule has 0 saturated heterocycles. The Bertz CT molecular complexity index is 799. The number of aryl methyl sites for hydroxylation is 2. The van der Waals surface area contributed by atoms with Crippen LogP contribution in [0.3, 0.4) is 0 Å². The zero-order chi connectivity index (χ0) is 16.6. The van der Waals surface area contributed by atoms with E-state index in [0.717, 1.165) is 5.69 Å². The molecular formula is C16H17FN4O2. The quantitative estimate of drug-likeness (QED) is 0.945. The number of aromatic nitrogens is 2. The number of benzene rings is 1. The van der Waals surface area contributed by atoms with Gasteiger partial charge >= 0.3 is 0 Å². The molecule has 6 nitrogen and oxygen atoms in total. The minimum absolute atomic E-state index is 0.263. The van der Waals surface area contributed by atoms with Crippen LogP contribution in [-0.2, 0) is 16.7 Å². The lowest BCUT2D eigenvalue weighted by molar-refractivity contribution is -0.136. The van der Waals surface area contributed by atoms with E-state index in [1.807, 2.05) is 6.92 Å². The molecule has 0 saturated carbocycles. The smallest absolute Gasteiger partial charge is 0.272 e. The summed E-state index contributed by atoms with van der Waals surface area (Å²) in [6, 6.07) is 7.83. The summed E-state index contributed by atoms with van der Waals surface area (Å²) in [6.07, 6.45) is 0.263. The molecule has 1 amide bonds. The number of rotatable bonds is 3. The lowest BCUT2D eigenvalue weighted by Gasteiger charge is -2.20. The minimum Gasteiger partial charge on any atom is -0.379 e. The normalized spacial score (nSPS) is 20.1. The van der Waals surface area contributed by atoms with Crippen LogP contribution in [0.15, 0.2) is 35.5 Å². The Morgan fingerprint density at radius 3 is 2.87 bits per heavy atom. The molecule has 0 spiro atoms. The Hall–Kier alpha value is -2.70. The summed E-state index contributed by atoms with van der Waals surface area (Å²) in [5.41, 5.74) is 0.818. The van der Waals surface area contributed by atoms with Gasteiger partial charge in [0.15, 0.2) is 0 Å². The van der Waals surface area contributed by atoms with E-state index < -0.39 is 5.60 Å². The topological polar surface area (TPSA) is 68.5 Å². The summed E-state index contributed by atoms with van der Waals surface area (Å²) in [6.45, 7) is 3.50. The van der Waals surface area contributed by atoms with E-state index in [1.165, 1.54) is 12.1 Å². The first kappa shape index (κ1) is 15.2. The number of oxime groups is 1. The van der Waals surface area contributed by atoms with E-state index in [4.69, 9.17) is 4.84 Å². The van der Waals surface area contributed by atoms with Crippen molar-refractivity contribution in [3.05, 3.63) is 47.4 Å². The summed E-state index contributed by atoms with van der Waals surface area (Å²) in [7, 11) is 1.75. The van der Waals surface area contributed by atoms with Gasteiger partial charge in [-0.15, -0.1) is 0 Å². The second-order valence-corrected chi connectivity index (χ2v) is 5.80. The average Bonchev–Trinajstić information content (AvgIpc) is 3.03. The van der Waals surface area contributed by atoms with Gasteiger partial charge in [0.05, 0.1) is 11.4 Å². The zero-order valence-electron chi connectivity index (χ0n) is 13.1. The summed E-state index contributed by atoms with van der Waals surface area (Å²) < 4.78 is 14.9. The molecule has 0 fully saturated rings. The van der Waals surface area contributed by atoms with Crippen LogP contribution in [0.1, 0.15) is 24.6 Å². The van der Waals surface area contributed by atoms with Crippen LogP contribution >= 0.6 is 0 Å². The first-order valence-electron chi connectivity index (χ1n) is 7.20. The first-order chi connectivity index (χ1) is 10.9. The summed E-state index contributed by atoms with van der Waals surface area (Å²) >= 11 is 0. The van der Waals surface area contributed by atoms with Crippen LogP contribution in [0, 0.1) is 12.7 Å². The molecule has 1 aromatic carbocycles. The Labute approximate surface area is 132 Å². The number of hydrogen-bond acceptors (Lipinski definition) is 4. The molecule has 0 radical (unpaired) electrons. The third-order valence-corrected chi connectivity index (χ3v) is 3.74. The predicted octanol–water partition coefficient (Wildman–Crippen LogP) is 2.39. The molecule has 1 aliphatic rings. The van der Waals surface area contributed by atoms with E-state index in [-0.39, 0.29) is 18.1 Å². The predicted molar refractivity (Wildman–Crippen MR) is 83.6 cm³/mol. The highest BCUT2D eigenvalue weighted by atomic mass is 19.1. The Morgan fingerprint density at radius 1 is 1.43 bits per heavy atom. The Morgan fingerprint density at radius 2 is 2.22 bits per heavy atom. The molecule has 120 valence electrons. The average molecular weight is 316 g/mol. The van der Waals surface area contributed by atoms with Crippen molar-refractivity contribution in [1.82, 2.24) is 9.78 Å². The fourth-order valence-corrected chi connectivity index (χ4v) is 2.46. The molecule has 1 N–H and O–H groups in total. The largest absolute Gasteiger partial charge is 0.379 e. The SMILES string of the molecule is Cc1cc(NC(=O)C2(C)CC(c3cccc(F)c3)=NO2)n(C)n1. The molecule has 1 unspecified atom stereocenters. The monoisotopic (exact) mass is 316 g/mol. The second-order valence-electron chi connectivity index (χ2n) is 5.80. The van der Waals surface area contributed by atoms with Crippen molar-refractivity contribution in [2.45, 2.75) is 25.9 Å². The van der Waals surface area contributed by atoms with Crippen LogP contribution in [0.25, 0.3) is 0 Å². The standard InChI is InChI=1S/C16H17FN4O2/c1-10-7-14(21(3)19-10)18-15(22)16(2)9-13(20-23-16)11-5-4-6-12(17)8-11/h4-8H,9H2,1-3H3,(H,18,22). The van der Waals surface area contributed by atoms with E-state index in [0.29, 0.717) is 17.1 Å². The molecule has 2 heterocycles. The van der Waals surface area contributed by atoms with Crippen LogP contribution in [0.4, 0.5) is 10.2 Å². The summed E-state index contributed by atoms with van der Waals surface area (Å²) in [5.74, 6) is -0.0965. The van der Waals surface area contributed by atoms with Crippen LogP contribution in [-0.4, -0.2) is 27.0 Å². The highest BCUT2D eigenvalue weighted by Crippen LogP contribution is 2.28. The van der Waals surface area contributed by atoms with Gasteiger partial charge in [-0.2, -0.15) is 5.10 Å². The number of anilines is 1. The molecule has 1 aromatic heterocycles. The maximum Gasteiger partial charge on any atom is 0.272 e. The maximum atomic E-state index is 13.3. The number of carbonyl (C=O) groups is 1. The summed E-state index contributed by atoms with van der Waals surface area (Å²) in [4.78, 5) is 17.9. The molecule has 0 bridgehead atoms. The van der Waals surface area contributed by atoms with Crippen LogP contribution in [0.2, 0.25) is 0 Å². The number of nitrogens with one attached hydrogen (secondary N) is 1. The third kappa shape index (κ3) is 2.94. The van der Waals surface area contributed by atoms with Crippen molar-refractivity contribution in [3.8, 4) is 0 Å². The highest BCUT2D eigenvalue weighted by molar-refractivity contribution is 6.07. The number of carbonyl (C=O) groups excluding carboxylic acids is 1. The van der Waals surface area contributed by atoms with Crippen molar-refractivity contribution >= 4 is 17.4 Å². The van der Waals surface area contributed by atoms with Crippen molar-refractivity contribution in [2.75, 3.05) is 5.32 Å². The molecule has 7 heteroatoms. The molecule has 23 heavy (non-hydrogen) atoms. The summed E-state index contributed by atoms with van der Waals surface area (Å²) in [5, 5.41) is 10.9. The molecule has 1 aliphatic heterocycles. The van der Waals surface area contributed by atoms with Gasteiger partial charge in [0.2, 0.25) is 5.60 Å². The number of nitrogens with zero attached hydrogens (tertiary/aromatic N) is 3. The van der Waals surface area contributed by atoms with Gasteiger partial charge in [0.1, 0.15) is 11.6 Å². The van der Waals surface area contributed by atoms with E-state index in [1.54, 1.807) is 36.9 Å². The van der Waals surface area contributed by atoms with Gasteiger partial charge in [-0.05, 0) is 26.0 Å². The molecular weight excluding hydrogens is 299 g/mol. The Balaban J connectivity index is 1.74. The fraction of sp³-hybridized carbons (Fsp3) is 0.312. The second kappa shape index (κ2) is 5.49. The fourth-order valence-electron chi connectivity index (χ4n) is 2.46. The highest BCUT2D eigenvalue weighted by Gasteiger charge is 2.42. The molecule has 0 aliphatic carbocycles. The minimum atomic E-state index is -1.14. The zero-order valence-corrected chi connectivity index (χ0v) is 13.1. The van der Waals surface area contributed by atoms with Crippen molar-refractivity contribution < 1.29 is 14.0 Å². The van der Waals surface area contributed by atoms with E-state index >= 15 is 0 Å². The number of halogens is 1. The van der Waals surface area contributed by atoms with E-state index in [2.05, 4.69) is 15.6 Å².